The van der Waals surface area contributed by atoms with Crippen molar-refractivity contribution < 1.29 is 9.84 Å². The van der Waals surface area contributed by atoms with Crippen LogP contribution in [0.15, 0.2) is 18.2 Å². The number of rotatable bonds is 2. The first kappa shape index (κ1) is 12.9. The Hall–Kier alpha value is -1.06. The minimum atomic E-state index is -0.138. The molecule has 1 aliphatic carbocycles. The summed E-state index contributed by atoms with van der Waals surface area (Å²) in [6.07, 6.45) is 5.48. The molecular formula is C16H23NO2. The van der Waals surface area contributed by atoms with Crippen molar-refractivity contribution in [2.45, 2.75) is 50.8 Å². The zero-order valence-corrected chi connectivity index (χ0v) is 11.6. The maximum absolute atomic E-state index is 10.2. The number of ether oxygens (including phenoxy) is 1. The lowest BCUT2D eigenvalue weighted by atomic mass is 9.89. The Kier molecular flexibility index (Phi) is 3.76. The molecule has 19 heavy (non-hydrogen) atoms. The van der Waals surface area contributed by atoms with Crippen molar-refractivity contribution in [2.24, 2.45) is 0 Å². The first-order valence-corrected chi connectivity index (χ1v) is 7.36. The van der Waals surface area contributed by atoms with Gasteiger partial charge in [-0.2, -0.15) is 0 Å². The van der Waals surface area contributed by atoms with Crippen molar-refractivity contribution in [1.82, 2.24) is 4.90 Å². The molecule has 1 N–H and O–H groups in total. The average Bonchev–Trinajstić information content (AvgIpc) is 2.46. The number of nitrogens with zero attached hydrogens (tertiary/aromatic N) is 1. The highest BCUT2D eigenvalue weighted by molar-refractivity contribution is 5.37. The number of hydrogen-bond donors (Lipinski definition) is 1. The van der Waals surface area contributed by atoms with Crippen LogP contribution >= 0.6 is 0 Å². The van der Waals surface area contributed by atoms with E-state index in [2.05, 4.69) is 17.0 Å². The van der Waals surface area contributed by atoms with E-state index in [1.807, 2.05) is 6.07 Å². The summed E-state index contributed by atoms with van der Waals surface area (Å²) >= 11 is 0. The molecule has 0 radical (unpaired) electrons. The summed E-state index contributed by atoms with van der Waals surface area (Å²) in [6, 6.07) is 6.73. The van der Waals surface area contributed by atoms with E-state index in [9.17, 15) is 5.11 Å². The fraction of sp³-hybridized carbons (Fsp3) is 0.625. The molecule has 2 atom stereocenters. The third-order valence-electron chi connectivity index (χ3n) is 4.62. The van der Waals surface area contributed by atoms with Crippen LogP contribution < -0.4 is 4.74 Å². The van der Waals surface area contributed by atoms with Crippen LogP contribution in [0.3, 0.4) is 0 Å². The number of aliphatic hydroxyl groups is 1. The SMILES string of the molecule is COc1ccc2c(c1)CN(C1CCCCC1O)CC2. The summed E-state index contributed by atoms with van der Waals surface area (Å²) in [5.41, 5.74) is 2.80. The molecule has 1 saturated carbocycles. The molecule has 3 rings (SSSR count). The van der Waals surface area contributed by atoms with E-state index in [4.69, 9.17) is 4.74 Å². The van der Waals surface area contributed by atoms with Gasteiger partial charge in [0.1, 0.15) is 5.75 Å². The summed E-state index contributed by atoms with van der Waals surface area (Å²) in [7, 11) is 1.72. The number of aliphatic hydroxyl groups excluding tert-OH is 1. The minimum absolute atomic E-state index is 0.138. The molecule has 0 amide bonds. The van der Waals surface area contributed by atoms with E-state index in [-0.39, 0.29) is 6.10 Å². The molecular weight excluding hydrogens is 238 g/mol. The quantitative estimate of drug-likeness (QED) is 0.887. The molecule has 3 nitrogen and oxygen atoms in total. The normalized spacial score (nSPS) is 27.9. The highest BCUT2D eigenvalue weighted by Gasteiger charge is 2.30. The smallest absolute Gasteiger partial charge is 0.119 e. The Morgan fingerprint density at radius 2 is 2.05 bits per heavy atom. The summed E-state index contributed by atoms with van der Waals surface area (Å²) in [4.78, 5) is 2.46. The first-order valence-electron chi connectivity index (χ1n) is 7.36. The first-order chi connectivity index (χ1) is 9.28. The fourth-order valence-corrected chi connectivity index (χ4v) is 3.48. The Morgan fingerprint density at radius 1 is 1.21 bits per heavy atom. The summed E-state index contributed by atoms with van der Waals surface area (Å²) < 4.78 is 5.31. The van der Waals surface area contributed by atoms with Crippen molar-refractivity contribution in [1.29, 1.82) is 0 Å². The van der Waals surface area contributed by atoms with Gasteiger partial charge in [-0.3, -0.25) is 4.90 Å². The van der Waals surface area contributed by atoms with Crippen LogP contribution in [0.2, 0.25) is 0 Å². The van der Waals surface area contributed by atoms with Crippen molar-refractivity contribution in [3.63, 3.8) is 0 Å². The van der Waals surface area contributed by atoms with Crippen LogP contribution in [0.1, 0.15) is 36.8 Å². The summed E-state index contributed by atoms with van der Waals surface area (Å²) in [5.74, 6) is 0.935. The third kappa shape index (κ3) is 2.63. The molecule has 0 saturated heterocycles. The van der Waals surface area contributed by atoms with Gasteiger partial charge in [0, 0.05) is 19.1 Å². The lowest BCUT2D eigenvalue weighted by molar-refractivity contribution is 0.0132. The zero-order chi connectivity index (χ0) is 13.2. The van der Waals surface area contributed by atoms with Crippen LogP contribution in [0.5, 0.6) is 5.75 Å². The molecule has 3 heteroatoms. The maximum atomic E-state index is 10.2. The molecule has 0 spiro atoms. The van der Waals surface area contributed by atoms with Crippen molar-refractivity contribution in [3.05, 3.63) is 29.3 Å². The Balaban J connectivity index is 1.77. The molecule has 2 aliphatic rings. The van der Waals surface area contributed by atoms with Gasteiger partial charge in [0.05, 0.1) is 13.2 Å². The lowest BCUT2D eigenvalue weighted by Crippen LogP contribution is -2.47. The maximum Gasteiger partial charge on any atom is 0.119 e. The molecule has 0 aromatic heterocycles. The van der Waals surface area contributed by atoms with Crippen molar-refractivity contribution in [3.8, 4) is 5.75 Å². The highest BCUT2D eigenvalue weighted by atomic mass is 16.5. The van der Waals surface area contributed by atoms with Gasteiger partial charge in [0.15, 0.2) is 0 Å². The lowest BCUT2D eigenvalue weighted by Gasteiger charge is -2.40. The summed E-state index contributed by atoms with van der Waals surface area (Å²) in [5, 5.41) is 10.2. The molecule has 2 unspecified atom stereocenters. The zero-order valence-electron chi connectivity index (χ0n) is 11.6. The second kappa shape index (κ2) is 5.51. The minimum Gasteiger partial charge on any atom is -0.497 e. The largest absolute Gasteiger partial charge is 0.497 e. The number of fused-ring (bicyclic) bond motifs is 1. The van der Waals surface area contributed by atoms with Crippen LogP contribution in [0.25, 0.3) is 0 Å². The molecule has 104 valence electrons. The van der Waals surface area contributed by atoms with Gasteiger partial charge < -0.3 is 9.84 Å². The summed E-state index contributed by atoms with van der Waals surface area (Å²) in [6.45, 7) is 2.02. The third-order valence-corrected chi connectivity index (χ3v) is 4.62. The van der Waals surface area contributed by atoms with Crippen LogP contribution in [-0.4, -0.2) is 35.8 Å². The second-order valence-corrected chi connectivity index (χ2v) is 5.77. The van der Waals surface area contributed by atoms with Crippen molar-refractivity contribution >= 4 is 0 Å². The van der Waals surface area contributed by atoms with E-state index in [1.54, 1.807) is 7.11 Å². The molecule has 0 bridgehead atoms. The fourth-order valence-electron chi connectivity index (χ4n) is 3.48. The van der Waals surface area contributed by atoms with Gasteiger partial charge in [0.25, 0.3) is 0 Å². The standard InChI is InChI=1S/C16H23NO2/c1-19-14-7-6-12-8-9-17(11-13(12)10-14)15-4-2-3-5-16(15)18/h6-7,10,15-16,18H,2-5,8-9,11H2,1H3. The topological polar surface area (TPSA) is 32.7 Å². The highest BCUT2D eigenvalue weighted by Crippen LogP contribution is 2.29. The number of methoxy groups -OCH3 is 1. The average molecular weight is 261 g/mol. The van der Waals surface area contributed by atoms with Crippen LogP contribution in [0, 0.1) is 0 Å². The van der Waals surface area contributed by atoms with Gasteiger partial charge >= 0.3 is 0 Å². The van der Waals surface area contributed by atoms with Crippen LogP contribution in [0.4, 0.5) is 0 Å². The van der Waals surface area contributed by atoms with E-state index in [1.165, 1.54) is 24.0 Å². The molecule has 1 heterocycles. The Morgan fingerprint density at radius 3 is 2.84 bits per heavy atom. The van der Waals surface area contributed by atoms with E-state index in [0.717, 1.165) is 38.1 Å². The molecule has 1 aromatic carbocycles. The van der Waals surface area contributed by atoms with Crippen molar-refractivity contribution in [2.75, 3.05) is 13.7 Å². The van der Waals surface area contributed by atoms with Gasteiger partial charge in [-0.1, -0.05) is 18.9 Å². The number of benzene rings is 1. The van der Waals surface area contributed by atoms with Gasteiger partial charge in [0.2, 0.25) is 0 Å². The second-order valence-electron chi connectivity index (χ2n) is 5.77. The van der Waals surface area contributed by atoms with Gasteiger partial charge in [-0.15, -0.1) is 0 Å². The van der Waals surface area contributed by atoms with E-state index in [0.29, 0.717) is 6.04 Å². The van der Waals surface area contributed by atoms with Gasteiger partial charge in [-0.25, -0.2) is 0 Å². The predicted octanol–water partition coefficient (Wildman–Crippen LogP) is 2.36. The Labute approximate surface area is 115 Å². The molecule has 1 fully saturated rings. The predicted molar refractivity (Wildman–Crippen MR) is 75.4 cm³/mol. The Bertz CT molecular complexity index is 446. The van der Waals surface area contributed by atoms with E-state index >= 15 is 0 Å². The number of hydrogen-bond acceptors (Lipinski definition) is 3. The monoisotopic (exact) mass is 261 g/mol. The van der Waals surface area contributed by atoms with E-state index < -0.39 is 0 Å². The molecule has 1 aromatic rings. The van der Waals surface area contributed by atoms with Crippen LogP contribution in [-0.2, 0) is 13.0 Å². The van der Waals surface area contributed by atoms with Gasteiger partial charge in [-0.05, 0) is 42.5 Å². The molecule has 1 aliphatic heterocycles.